The molecule has 2 aliphatic heterocycles. The van der Waals surface area contributed by atoms with Gasteiger partial charge in [0.25, 0.3) is 5.91 Å². The van der Waals surface area contributed by atoms with Crippen molar-refractivity contribution in [3.05, 3.63) is 28.8 Å². The first-order chi connectivity index (χ1) is 10.0. The number of hydrogen-bond donors (Lipinski definition) is 0. The van der Waals surface area contributed by atoms with Crippen LogP contribution in [0, 0.1) is 6.92 Å². The fourth-order valence-electron chi connectivity index (χ4n) is 3.39. The number of carbonyl (C=O) groups is 2. The minimum Gasteiger partial charge on any atom is -0.329 e. The van der Waals surface area contributed by atoms with Gasteiger partial charge in [0.05, 0.1) is 10.7 Å². The van der Waals surface area contributed by atoms with Crippen LogP contribution in [0.3, 0.4) is 0 Å². The number of piperidine rings is 1. The monoisotopic (exact) mass is 306 g/mol. The lowest BCUT2D eigenvalue weighted by atomic mass is 9.95. The van der Waals surface area contributed by atoms with Gasteiger partial charge in [-0.15, -0.1) is 0 Å². The lowest BCUT2D eigenvalue weighted by Gasteiger charge is -2.46. The predicted molar refractivity (Wildman–Crippen MR) is 82.5 cm³/mol. The Balaban J connectivity index is 2.05. The summed E-state index contributed by atoms with van der Waals surface area (Å²) in [6.45, 7) is 4.39. The van der Waals surface area contributed by atoms with Crippen LogP contribution < -0.4 is 4.90 Å². The van der Waals surface area contributed by atoms with Gasteiger partial charge in [0.2, 0.25) is 5.91 Å². The van der Waals surface area contributed by atoms with Crippen molar-refractivity contribution in [1.82, 2.24) is 4.90 Å². The molecule has 5 heteroatoms. The quantitative estimate of drug-likeness (QED) is 0.800. The first kappa shape index (κ1) is 14.4. The van der Waals surface area contributed by atoms with Gasteiger partial charge in [-0.1, -0.05) is 23.7 Å². The molecule has 0 radical (unpaired) electrons. The molecule has 0 spiro atoms. The molecule has 2 saturated heterocycles. The average Bonchev–Trinajstić information content (AvgIpc) is 2.48. The van der Waals surface area contributed by atoms with E-state index in [4.69, 9.17) is 11.6 Å². The van der Waals surface area contributed by atoms with Crippen LogP contribution >= 0.6 is 11.6 Å². The Labute approximate surface area is 129 Å². The summed E-state index contributed by atoms with van der Waals surface area (Å²) in [6, 6.07) is 4.72. The molecule has 0 N–H and O–H groups in total. The molecule has 2 heterocycles. The van der Waals surface area contributed by atoms with Gasteiger partial charge in [0.15, 0.2) is 0 Å². The molecular weight excluding hydrogens is 288 g/mol. The molecule has 1 aromatic rings. The number of carbonyl (C=O) groups excluding carboxylic acids is 2. The van der Waals surface area contributed by atoms with Crippen LogP contribution in [0.4, 0.5) is 5.69 Å². The highest BCUT2D eigenvalue weighted by Gasteiger charge is 2.45. The number of piperazine rings is 1. The molecule has 112 valence electrons. The van der Waals surface area contributed by atoms with Crippen LogP contribution in [0.15, 0.2) is 18.2 Å². The van der Waals surface area contributed by atoms with Crippen molar-refractivity contribution in [2.24, 2.45) is 0 Å². The molecule has 3 rings (SSSR count). The molecule has 2 unspecified atom stereocenters. The van der Waals surface area contributed by atoms with E-state index in [9.17, 15) is 9.59 Å². The van der Waals surface area contributed by atoms with Crippen LogP contribution in [0.1, 0.15) is 31.7 Å². The number of amides is 2. The second kappa shape index (κ2) is 5.34. The third-order valence-corrected chi connectivity index (χ3v) is 4.79. The summed E-state index contributed by atoms with van der Waals surface area (Å²) in [5, 5.41) is 0.521. The zero-order valence-electron chi connectivity index (χ0n) is 12.3. The predicted octanol–water partition coefficient (Wildman–Crippen LogP) is 2.76. The largest absolute Gasteiger partial charge is 0.329 e. The molecule has 0 aromatic heterocycles. The van der Waals surface area contributed by atoms with E-state index in [0.717, 1.165) is 24.8 Å². The lowest BCUT2D eigenvalue weighted by Crippen LogP contribution is -2.65. The molecule has 0 aliphatic carbocycles. The van der Waals surface area contributed by atoms with Crippen molar-refractivity contribution in [3.8, 4) is 0 Å². The first-order valence-corrected chi connectivity index (χ1v) is 7.79. The molecule has 0 bridgehead atoms. The van der Waals surface area contributed by atoms with Crippen LogP contribution in [0.5, 0.6) is 0 Å². The number of halogens is 1. The smallest absolute Gasteiger partial charge is 0.250 e. The van der Waals surface area contributed by atoms with E-state index in [1.165, 1.54) is 0 Å². The van der Waals surface area contributed by atoms with Gasteiger partial charge < -0.3 is 4.90 Å². The van der Waals surface area contributed by atoms with Gasteiger partial charge in [-0.2, -0.15) is 0 Å². The van der Waals surface area contributed by atoms with Gasteiger partial charge in [-0.3, -0.25) is 14.5 Å². The minimum absolute atomic E-state index is 0.00185. The summed E-state index contributed by atoms with van der Waals surface area (Å²) in [6.07, 6.45) is 2.72. The van der Waals surface area contributed by atoms with Crippen molar-refractivity contribution in [3.63, 3.8) is 0 Å². The third-order valence-electron chi connectivity index (χ3n) is 4.48. The highest BCUT2D eigenvalue weighted by Crippen LogP contribution is 2.36. The van der Waals surface area contributed by atoms with E-state index in [-0.39, 0.29) is 17.9 Å². The topological polar surface area (TPSA) is 40.6 Å². The molecule has 2 amide bonds. The molecule has 0 saturated carbocycles. The van der Waals surface area contributed by atoms with Gasteiger partial charge in [-0.25, -0.2) is 0 Å². The van der Waals surface area contributed by atoms with Crippen LogP contribution in [0.2, 0.25) is 5.02 Å². The number of hydrogen-bond acceptors (Lipinski definition) is 2. The van der Waals surface area contributed by atoms with E-state index in [0.29, 0.717) is 17.3 Å². The molecular formula is C16H19ClN2O2. The van der Waals surface area contributed by atoms with Gasteiger partial charge in [-0.05, 0) is 44.7 Å². The Morgan fingerprint density at radius 3 is 2.67 bits per heavy atom. The maximum atomic E-state index is 12.9. The summed E-state index contributed by atoms with van der Waals surface area (Å²) in [5.41, 5.74) is 1.59. The zero-order chi connectivity index (χ0) is 15.1. The van der Waals surface area contributed by atoms with Crippen LogP contribution in [0.25, 0.3) is 0 Å². The van der Waals surface area contributed by atoms with Crippen molar-refractivity contribution in [2.45, 2.75) is 45.2 Å². The molecule has 2 atom stereocenters. The number of fused-ring (bicyclic) bond motifs is 1. The van der Waals surface area contributed by atoms with Crippen molar-refractivity contribution in [2.75, 3.05) is 11.4 Å². The Hall–Kier alpha value is -1.55. The summed E-state index contributed by atoms with van der Waals surface area (Å²) in [7, 11) is 0. The number of nitrogens with zero attached hydrogens (tertiary/aromatic N) is 2. The van der Waals surface area contributed by atoms with E-state index >= 15 is 0 Å². The maximum Gasteiger partial charge on any atom is 0.250 e. The Bertz CT molecular complexity index is 582. The molecule has 2 fully saturated rings. The maximum absolute atomic E-state index is 12.9. The minimum atomic E-state index is -0.495. The van der Waals surface area contributed by atoms with E-state index in [2.05, 4.69) is 0 Å². The number of aryl methyl sites for hydroxylation is 1. The molecule has 4 nitrogen and oxygen atoms in total. The number of rotatable bonds is 1. The molecule has 1 aromatic carbocycles. The van der Waals surface area contributed by atoms with Gasteiger partial charge >= 0.3 is 0 Å². The second-order valence-electron chi connectivity index (χ2n) is 5.83. The number of benzene rings is 1. The third kappa shape index (κ3) is 2.22. The second-order valence-corrected chi connectivity index (χ2v) is 6.24. The SMILES string of the molecule is Cc1cccc(Cl)c1N1C(=O)C2CCCCN2C(=O)C1C. The van der Waals surface area contributed by atoms with Gasteiger partial charge in [0, 0.05) is 6.54 Å². The van der Waals surface area contributed by atoms with E-state index in [1.807, 2.05) is 19.1 Å². The van der Waals surface area contributed by atoms with Crippen molar-refractivity contribution < 1.29 is 9.59 Å². The molecule has 21 heavy (non-hydrogen) atoms. The normalized spacial score (nSPS) is 26.0. The van der Waals surface area contributed by atoms with Crippen molar-refractivity contribution in [1.29, 1.82) is 0 Å². The average molecular weight is 307 g/mol. The first-order valence-electron chi connectivity index (χ1n) is 7.41. The Morgan fingerprint density at radius 1 is 1.19 bits per heavy atom. The number of para-hydroxylation sites is 1. The summed E-state index contributed by atoms with van der Waals surface area (Å²) in [5.74, 6) is 0.0246. The fourth-order valence-corrected chi connectivity index (χ4v) is 3.70. The Kier molecular flexibility index (Phi) is 3.66. The number of anilines is 1. The van der Waals surface area contributed by atoms with E-state index in [1.54, 1.807) is 22.8 Å². The molecule has 2 aliphatic rings. The van der Waals surface area contributed by atoms with Gasteiger partial charge in [0.1, 0.15) is 12.1 Å². The lowest BCUT2D eigenvalue weighted by molar-refractivity contribution is -0.147. The van der Waals surface area contributed by atoms with Crippen LogP contribution in [-0.2, 0) is 9.59 Å². The summed E-state index contributed by atoms with van der Waals surface area (Å²) < 4.78 is 0. The Morgan fingerprint density at radius 2 is 1.95 bits per heavy atom. The fraction of sp³-hybridized carbons (Fsp3) is 0.500. The standard InChI is InChI=1S/C16H19ClN2O2/c1-10-6-5-7-12(17)14(10)19-11(2)15(20)18-9-4-3-8-13(18)16(19)21/h5-7,11,13H,3-4,8-9H2,1-2H3. The van der Waals surface area contributed by atoms with Crippen molar-refractivity contribution >= 4 is 29.1 Å². The highest BCUT2D eigenvalue weighted by atomic mass is 35.5. The summed E-state index contributed by atoms with van der Waals surface area (Å²) >= 11 is 6.30. The highest BCUT2D eigenvalue weighted by molar-refractivity contribution is 6.34. The van der Waals surface area contributed by atoms with E-state index < -0.39 is 6.04 Å². The summed E-state index contributed by atoms with van der Waals surface area (Å²) in [4.78, 5) is 28.8. The van der Waals surface area contributed by atoms with Crippen LogP contribution in [-0.4, -0.2) is 35.3 Å². The zero-order valence-corrected chi connectivity index (χ0v) is 13.1.